The Balaban J connectivity index is 0.00000304. The smallest absolute Gasteiger partial charge is 0.0874 e. The second-order valence-corrected chi connectivity index (χ2v) is 12.0. The molecule has 0 spiro atoms. The molecule has 187 valence electrons. The van der Waals surface area contributed by atoms with Gasteiger partial charge in [0.2, 0.25) is 0 Å². The summed E-state index contributed by atoms with van der Waals surface area (Å²) in [5.74, 6) is 0. The van der Waals surface area contributed by atoms with Crippen LogP contribution in [-0.2, 0) is 23.0 Å². The third-order valence-electron chi connectivity index (χ3n) is 6.68. The summed E-state index contributed by atoms with van der Waals surface area (Å²) in [5.41, 5.74) is 7.64. The van der Waals surface area contributed by atoms with Crippen molar-refractivity contribution in [1.29, 1.82) is 0 Å². The van der Waals surface area contributed by atoms with Crippen molar-refractivity contribution in [3.8, 4) is 22.5 Å². The van der Waals surface area contributed by atoms with Crippen molar-refractivity contribution in [3.05, 3.63) is 79.0 Å². The monoisotopic (exact) mass is 533 g/mol. The van der Waals surface area contributed by atoms with Gasteiger partial charge in [-0.2, -0.15) is 0 Å². The normalized spacial score (nSPS) is 11.3. The van der Waals surface area contributed by atoms with Crippen LogP contribution in [0.4, 0.5) is 0 Å². The van der Waals surface area contributed by atoms with E-state index in [0.29, 0.717) is 0 Å². The fourth-order valence-corrected chi connectivity index (χ4v) is 8.12. The summed E-state index contributed by atoms with van der Waals surface area (Å²) in [4.78, 5) is 9.83. The molecule has 0 fully saturated rings. The van der Waals surface area contributed by atoms with Crippen LogP contribution in [0.2, 0.25) is 12.1 Å². The first-order chi connectivity index (χ1) is 17.2. The van der Waals surface area contributed by atoms with Gasteiger partial charge in [-0.3, -0.25) is 9.97 Å². The summed E-state index contributed by atoms with van der Waals surface area (Å²) in [6.45, 7) is 7.91. The van der Waals surface area contributed by atoms with Crippen LogP contribution in [0.25, 0.3) is 44.5 Å². The number of aryl methyl sites for hydroxylation is 1. The molecule has 0 aliphatic carbocycles. The Morgan fingerprint density at radius 2 is 1.50 bits per heavy atom. The summed E-state index contributed by atoms with van der Waals surface area (Å²) >= 11 is 0. The summed E-state index contributed by atoms with van der Waals surface area (Å²) in [6.07, 6.45) is 5.42. The molecule has 1 radical (unpaired) electrons. The molecule has 3 heterocycles. The average Bonchev–Trinajstić information content (AvgIpc) is 3.22. The topological polar surface area (TPSA) is 30.7 Å². The minimum Gasteiger partial charge on any atom is -0.339 e. The van der Waals surface area contributed by atoms with Crippen LogP contribution in [0.15, 0.2) is 72.9 Å². The summed E-state index contributed by atoms with van der Waals surface area (Å²) in [7, 11) is -0.629. The largest absolute Gasteiger partial charge is 0.339 e. The van der Waals surface area contributed by atoms with E-state index in [-0.39, 0.29) is 16.5 Å². The van der Waals surface area contributed by atoms with Crippen LogP contribution in [0.1, 0.15) is 40.0 Å². The quantitative estimate of drug-likeness (QED) is 0.144. The number of aromatic nitrogens is 3. The van der Waals surface area contributed by atoms with Gasteiger partial charge in [0.05, 0.1) is 25.3 Å². The third kappa shape index (κ3) is 5.05. The molecule has 3 aromatic heterocycles. The molecule has 36 heavy (non-hydrogen) atoms. The van der Waals surface area contributed by atoms with Gasteiger partial charge in [-0.1, -0.05) is 92.3 Å². The van der Waals surface area contributed by atoms with Gasteiger partial charge in [0.15, 0.2) is 0 Å². The van der Waals surface area contributed by atoms with Gasteiger partial charge < -0.3 is 4.57 Å². The Morgan fingerprint density at radius 3 is 2.19 bits per heavy atom. The molecule has 0 saturated heterocycles. The van der Waals surface area contributed by atoms with Gasteiger partial charge >= 0.3 is 0 Å². The van der Waals surface area contributed by atoms with E-state index in [2.05, 4.69) is 84.9 Å². The van der Waals surface area contributed by atoms with Crippen molar-refractivity contribution in [2.45, 2.75) is 58.7 Å². The zero-order valence-corrected chi connectivity index (χ0v) is 23.3. The van der Waals surface area contributed by atoms with Gasteiger partial charge in [-0.25, -0.2) is 0 Å². The van der Waals surface area contributed by atoms with E-state index in [9.17, 15) is 0 Å². The van der Waals surface area contributed by atoms with Gasteiger partial charge in [-0.15, -0.1) is 24.3 Å². The van der Waals surface area contributed by atoms with Gasteiger partial charge in [0.25, 0.3) is 0 Å². The van der Waals surface area contributed by atoms with Crippen molar-refractivity contribution >= 4 is 35.9 Å². The molecule has 3 nitrogen and oxygen atoms in total. The Kier molecular flexibility index (Phi) is 8.77. The maximum absolute atomic E-state index is 5.32. The third-order valence-corrected chi connectivity index (χ3v) is 10.1. The summed E-state index contributed by atoms with van der Waals surface area (Å²) < 4.78 is 2.48. The number of benzene rings is 2. The van der Waals surface area contributed by atoms with E-state index in [1.165, 1.54) is 41.3 Å². The first kappa shape index (κ1) is 26.3. The van der Waals surface area contributed by atoms with Gasteiger partial charge in [0, 0.05) is 46.0 Å². The maximum atomic E-state index is 5.32. The molecule has 0 N–H and O–H groups in total. The van der Waals surface area contributed by atoms with E-state index >= 15 is 0 Å². The Bertz CT molecular complexity index is 1440. The van der Waals surface area contributed by atoms with Crippen molar-refractivity contribution in [2.24, 2.45) is 0 Å². The van der Waals surface area contributed by atoms with E-state index in [0.717, 1.165) is 41.0 Å². The minimum absolute atomic E-state index is 0. The van der Waals surface area contributed by atoms with Crippen LogP contribution in [-0.4, -0.2) is 23.3 Å². The predicted molar refractivity (Wildman–Crippen MR) is 151 cm³/mol. The standard InChI is InChI=1S/C31H33N3Si.Ni/c1-4-19-34-27-14-10-15-29(35(20-5-2)21-6-3)30(27)31-28(34)17-16-26(33-31)24-12-9-11-23(22-24)25-13-7-8-18-32-25;/h7-18H,4-6,19-21H2,1-3H3;/q-1;. The Hall–Kier alpha value is -2.75. The number of fused-ring (bicyclic) bond motifs is 3. The summed E-state index contributed by atoms with van der Waals surface area (Å²) in [5, 5.41) is 2.95. The molecule has 5 heteroatoms. The molecule has 0 saturated carbocycles. The van der Waals surface area contributed by atoms with E-state index in [1.807, 2.05) is 24.4 Å². The molecule has 0 atom stereocenters. The molecule has 0 amide bonds. The number of pyridine rings is 2. The van der Waals surface area contributed by atoms with Crippen LogP contribution < -0.4 is 5.19 Å². The van der Waals surface area contributed by atoms with Crippen molar-refractivity contribution in [1.82, 2.24) is 14.5 Å². The Morgan fingerprint density at radius 1 is 0.750 bits per heavy atom. The zero-order chi connectivity index (χ0) is 24.2. The van der Waals surface area contributed by atoms with Crippen molar-refractivity contribution in [2.75, 3.05) is 0 Å². The predicted octanol–water partition coefficient (Wildman–Crippen LogP) is 7.65. The second-order valence-electron chi connectivity index (χ2n) is 9.21. The number of rotatable bonds is 9. The fraction of sp³-hybridized carbons (Fsp3) is 0.290. The number of hydrogen-bond donors (Lipinski definition) is 0. The SMILES string of the molecule is CCCn1c2ccc(-c3[c-]c(-c4ccccn4)ccc3)nc2c2c([Si](CCC)CCC)cccc21.[Ni]. The van der Waals surface area contributed by atoms with E-state index in [1.54, 1.807) is 5.19 Å². The van der Waals surface area contributed by atoms with E-state index in [4.69, 9.17) is 4.98 Å². The van der Waals surface area contributed by atoms with Crippen molar-refractivity contribution < 1.29 is 16.5 Å². The Labute approximate surface area is 226 Å². The van der Waals surface area contributed by atoms with Gasteiger partial charge in [-0.05, 0) is 24.6 Å². The second kappa shape index (κ2) is 12.0. The van der Waals surface area contributed by atoms with Crippen LogP contribution in [0.5, 0.6) is 0 Å². The molecule has 0 aliphatic rings. The van der Waals surface area contributed by atoms with Gasteiger partial charge in [0.1, 0.15) is 0 Å². The number of nitrogens with zero attached hydrogens (tertiary/aromatic N) is 3. The molecule has 2 aromatic carbocycles. The van der Waals surface area contributed by atoms with Crippen LogP contribution in [0, 0.1) is 6.07 Å². The van der Waals surface area contributed by atoms with Crippen LogP contribution in [0.3, 0.4) is 0 Å². The molecule has 0 bridgehead atoms. The first-order valence-electron chi connectivity index (χ1n) is 13.0. The molecule has 0 aliphatic heterocycles. The first-order valence-corrected chi connectivity index (χ1v) is 14.9. The minimum atomic E-state index is -0.629. The zero-order valence-electron chi connectivity index (χ0n) is 21.3. The summed E-state index contributed by atoms with van der Waals surface area (Å²) in [6, 6.07) is 29.8. The molecule has 5 aromatic rings. The maximum Gasteiger partial charge on any atom is 0.0874 e. The number of hydrogen-bond acceptors (Lipinski definition) is 2. The molecular formula is C31H33N3NiSi-. The fourth-order valence-electron chi connectivity index (χ4n) is 5.19. The molecule has 5 rings (SSSR count). The molecular weight excluding hydrogens is 501 g/mol. The molecule has 0 unspecified atom stereocenters. The van der Waals surface area contributed by atoms with Crippen LogP contribution >= 0.6 is 0 Å². The van der Waals surface area contributed by atoms with E-state index < -0.39 is 8.80 Å². The average molecular weight is 534 g/mol. The van der Waals surface area contributed by atoms with Crippen molar-refractivity contribution in [3.63, 3.8) is 0 Å².